The van der Waals surface area contributed by atoms with Gasteiger partial charge in [-0.3, -0.25) is 0 Å². The molecule has 0 saturated heterocycles. The molecule has 0 aliphatic heterocycles. The van der Waals surface area contributed by atoms with E-state index in [2.05, 4.69) is 5.32 Å². The monoisotopic (exact) mass is 288 g/mol. The van der Waals surface area contributed by atoms with Gasteiger partial charge in [0, 0.05) is 18.8 Å². The van der Waals surface area contributed by atoms with E-state index in [0.717, 1.165) is 24.3 Å². The molecule has 2 N–H and O–H groups in total. The molecule has 0 bridgehead atoms. The van der Waals surface area contributed by atoms with Gasteiger partial charge >= 0.3 is 6.03 Å². The van der Waals surface area contributed by atoms with E-state index in [1.165, 1.54) is 25.7 Å². The van der Waals surface area contributed by atoms with Crippen LogP contribution in [0.15, 0.2) is 24.3 Å². The van der Waals surface area contributed by atoms with Crippen LogP contribution in [0.5, 0.6) is 0 Å². The van der Waals surface area contributed by atoms with Gasteiger partial charge in [0.15, 0.2) is 0 Å². The minimum absolute atomic E-state index is 0.0126. The molecule has 0 heterocycles. The summed E-state index contributed by atoms with van der Waals surface area (Å²) < 4.78 is 0. The van der Waals surface area contributed by atoms with E-state index in [-0.39, 0.29) is 6.03 Å². The first kappa shape index (κ1) is 14.4. The first-order valence-corrected chi connectivity index (χ1v) is 7.96. The van der Waals surface area contributed by atoms with Crippen molar-refractivity contribution >= 4 is 11.7 Å². The minimum Gasteiger partial charge on any atom is -0.389 e. The van der Waals surface area contributed by atoms with Crippen LogP contribution in [0.4, 0.5) is 10.5 Å². The van der Waals surface area contributed by atoms with Crippen molar-refractivity contribution in [3.05, 3.63) is 29.8 Å². The Kier molecular flexibility index (Phi) is 4.15. The quantitative estimate of drug-likeness (QED) is 0.843. The van der Waals surface area contributed by atoms with Crippen LogP contribution in [0.2, 0.25) is 0 Å². The Morgan fingerprint density at radius 3 is 2.14 bits per heavy atom. The maximum Gasteiger partial charge on any atom is 0.321 e. The van der Waals surface area contributed by atoms with Crippen LogP contribution in [0.3, 0.4) is 0 Å². The summed E-state index contributed by atoms with van der Waals surface area (Å²) in [6.07, 6.45) is 4.57. The first-order valence-electron chi connectivity index (χ1n) is 7.96. The summed E-state index contributed by atoms with van der Waals surface area (Å²) in [7, 11) is 0. The van der Waals surface area contributed by atoms with Crippen molar-refractivity contribution in [2.45, 2.75) is 38.7 Å². The van der Waals surface area contributed by atoms with Crippen molar-refractivity contribution in [2.24, 2.45) is 11.8 Å². The number of amides is 2. The standard InChI is InChI=1S/C17H24N2O2/c1-12(20)15-6-8-16(9-7-15)18-17(21)19(10-13-2-3-13)11-14-4-5-14/h6-9,12-14,20H,2-5,10-11H2,1H3,(H,18,21). The highest BCUT2D eigenvalue weighted by Crippen LogP contribution is 2.34. The van der Waals surface area contributed by atoms with Crippen molar-refractivity contribution in [3.8, 4) is 0 Å². The van der Waals surface area contributed by atoms with Crippen molar-refractivity contribution in [2.75, 3.05) is 18.4 Å². The third-order valence-electron chi connectivity index (χ3n) is 4.28. The second-order valence-electron chi connectivity index (χ2n) is 6.52. The van der Waals surface area contributed by atoms with Crippen LogP contribution >= 0.6 is 0 Å². The molecule has 1 unspecified atom stereocenters. The summed E-state index contributed by atoms with van der Waals surface area (Å²) in [5, 5.41) is 12.5. The van der Waals surface area contributed by atoms with Gasteiger partial charge in [-0.05, 0) is 62.1 Å². The van der Waals surface area contributed by atoms with Gasteiger partial charge in [-0.2, -0.15) is 0 Å². The van der Waals surface area contributed by atoms with Crippen LogP contribution in [0, 0.1) is 11.8 Å². The van der Waals surface area contributed by atoms with E-state index in [9.17, 15) is 9.90 Å². The molecule has 114 valence electrons. The lowest BCUT2D eigenvalue weighted by molar-refractivity contribution is 0.199. The van der Waals surface area contributed by atoms with Crippen LogP contribution in [0.1, 0.15) is 44.3 Å². The van der Waals surface area contributed by atoms with Gasteiger partial charge in [0.25, 0.3) is 0 Å². The normalized spacial score (nSPS) is 19.1. The lowest BCUT2D eigenvalue weighted by Gasteiger charge is -2.23. The minimum atomic E-state index is -0.476. The number of nitrogens with zero attached hydrogens (tertiary/aromatic N) is 1. The average molecular weight is 288 g/mol. The van der Waals surface area contributed by atoms with E-state index in [1.54, 1.807) is 6.92 Å². The fourth-order valence-electron chi connectivity index (χ4n) is 2.51. The highest BCUT2D eigenvalue weighted by molar-refractivity contribution is 5.89. The number of carbonyl (C=O) groups is 1. The number of rotatable bonds is 6. The third-order valence-corrected chi connectivity index (χ3v) is 4.28. The summed E-state index contributed by atoms with van der Waals surface area (Å²) in [5.74, 6) is 1.43. The van der Waals surface area contributed by atoms with Gasteiger partial charge in [0.1, 0.15) is 0 Å². The lowest BCUT2D eigenvalue weighted by Crippen LogP contribution is -2.38. The predicted molar refractivity (Wildman–Crippen MR) is 83.1 cm³/mol. The lowest BCUT2D eigenvalue weighted by atomic mass is 10.1. The zero-order chi connectivity index (χ0) is 14.8. The summed E-state index contributed by atoms with van der Waals surface area (Å²) in [4.78, 5) is 14.4. The van der Waals surface area contributed by atoms with E-state index < -0.39 is 6.10 Å². The highest BCUT2D eigenvalue weighted by Gasteiger charge is 2.31. The van der Waals surface area contributed by atoms with E-state index in [4.69, 9.17) is 0 Å². The number of anilines is 1. The summed E-state index contributed by atoms with van der Waals surface area (Å²) >= 11 is 0. The van der Waals surface area contributed by atoms with Gasteiger partial charge in [-0.15, -0.1) is 0 Å². The molecule has 1 atom stereocenters. The Balaban J connectivity index is 1.59. The van der Waals surface area contributed by atoms with Gasteiger partial charge in [-0.25, -0.2) is 4.79 Å². The number of carbonyl (C=O) groups excluding carboxylic acids is 1. The molecule has 2 fully saturated rings. The number of nitrogens with one attached hydrogen (secondary N) is 1. The van der Waals surface area contributed by atoms with Crippen LogP contribution in [-0.2, 0) is 0 Å². The SMILES string of the molecule is CC(O)c1ccc(NC(=O)N(CC2CC2)CC2CC2)cc1. The van der Waals surface area contributed by atoms with Crippen molar-refractivity contribution < 1.29 is 9.90 Å². The average Bonchev–Trinajstić information content (AvgIpc) is 3.34. The molecule has 3 rings (SSSR count). The highest BCUT2D eigenvalue weighted by atomic mass is 16.3. The number of hydrogen-bond donors (Lipinski definition) is 2. The van der Waals surface area contributed by atoms with Gasteiger partial charge < -0.3 is 15.3 Å². The van der Waals surface area contributed by atoms with Crippen LogP contribution < -0.4 is 5.32 Å². The molecular formula is C17H24N2O2. The second kappa shape index (κ2) is 6.06. The molecular weight excluding hydrogens is 264 g/mol. The molecule has 0 radical (unpaired) electrons. The summed E-state index contributed by atoms with van der Waals surface area (Å²) in [6.45, 7) is 3.53. The maximum absolute atomic E-state index is 12.4. The van der Waals surface area contributed by atoms with E-state index >= 15 is 0 Å². The smallest absolute Gasteiger partial charge is 0.321 e. The number of urea groups is 1. The first-order chi connectivity index (χ1) is 10.1. The Morgan fingerprint density at radius 2 is 1.71 bits per heavy atom. The summed E-state index contributed by atoms with van der Waals surface area (Å²) in [6, 6.07) is 7.43. The van der Waals surface area contributed by atoms with Crippen LogP contribution in [-0.4, -0.2) is 29.1 Å². The maximum atomic E-state index is 12.4. The molecule has 2 aliphatic rings. The van der Waals surface area contributed by atoms with Crippen LogP contribution in [0.25, 0.3) is 0 Å². The molecule has 4 nitrogen and oxygen atoms in total. The third kappa shape index (κ3) is 4.21. The largest absolute Gasteiger partial charge is 0.389 e. The fourth-order valence-corrected chi connectivity index (χ4v) is 2.51. The Bertz CT molecular complexity index is 476. The predicted octanol–water partition coefficient (Wildman–Crippen LogP) is 3.39. The Morgan fingerprint density at radius 1 is 1.19 bits per heavy atom. The van der Waals surface area contributed by atoms with E-state index in [0.29, 0.717) is 11.8 Å². The van der Waals surface area contributed by atoms with E-state index in [1.807, 2.05) is 29.2 Å². The number of aliphatic hydroxyl groups excluding tert-OH is 1. The molecule has 2 amide bonds. The zero-order valence-corrected chi connectivity index (χ0v) is 12.6. The van der Waals surface area contributed by atoms with Gasteiger partial charge in [0.2, 0.25) is 0 Å². The Labute approximate surface area is 126 Å². The number of aliphatic hydroxyl groups is 1. The number of hydrogen-bond acceptors (Lipinski definition) is 2. The molecule has 0 spiro atoms. The van der Waals surface area contributed by atoms with Gasteiger partial charge in [-0.1, -0.05) is 12.1 Å². The summed E-state index contributed by atoms with van der Waals surface area (Å²) in [5.41, 5.74) is 1.65. The van der Waals surface area contributed by atoms with Crippen molar-refractivity contribution in [3.63, 3.8) is 0 Å². The van der Waals surface area contributed by atoms with Gasteiger partial charge in [0.05, 0.1) is 6.10 Å². The van der Waals surface area contributed by atoms with Crippen molar-refractivity contribution in [1.82, 2.24) is 4.90 Å². The molecule has 2 saturated carbocycles. The molecule has 1 aromatic carbocycles. The molecule has 0 aromatic heterocycles. The molecule has 4 heteroatoms. The topological polar surface area (TPSA) is 52.6 Å². The Hall–Kier alpha value is -1.55. The number of benzene rings is 1. The molecule has 1 aromatic rings. The second-order valence-corrected chi connectivity index (χ2v) is 6.52. The molecule has 21 heavy (non-hydrogen) atoms. The van der Waals surface area contributed by atoms with Crippen molar-refractivity contribution in [1.29, 1.82) is 0 Å². The fraction of sp³-hybridized carbons (Fsp3) is 0.588. The zero-order valence-electron chi connectivity index (χ0n) is 12.6. The molecule has 2 aliphatic carbocycles.